The zero-order valence-corrected chi connectivity index (χ0v) is 19.2. The highest BCUT2D eigenvalue weighted by molar-refractivity contribution is 5.97. The van der Waals surface area contributed by atoms with Crippen LogP contribution in [0.2, 0.25) is 0 Å². The lowest BCUT2D eigenvalue weighted by Gasteiger charge is -2.12. The van der Waals surface area contributed by atoms with Crippen molar-refractivity contribution in [2.24, 2.45) is 5.92 Å². The van der Waals surface area contributed by atoms with Crippen molar-refractivity contribution in [3.8, 4) is 11.3 Å². The maximum atomic E-state index is 12.5. The van der Waals surface area contributed by atoms with E-state index < -0.39 is 0 Å². The Bertz CT molecular complexity index is 1510. The summed E-state index contributed by atoms with van der Waals surface area (Å²) in [7, 11) is 0. The van der Waals surface area contributed by atoms with E-state index in [9.17, 15) is 4.79 Å². The number of fused-ring (bicyclic) bond motifs is 3. The molecule has 5 heteroatoms. The van der Waals surface area contributed by atoms with Crippen LogP contribution in [0.4, 0.5) is 5.82 Å². The normalized spacial score (nSPS) is 13.4. The second-order valence-electron chi connectivity index (χ2n) is 9.18. The summed E-state index contributed by atoms with van der Waals surface area (Å²) in [6.07, 6.45) is 4.94. The van der Waals surface area contributed by atoms with E-state index >= 15 is 0 Å². The summed E-state index contributed by atoms with van der Waals surface area (Å²) < 4.78 is 2.16. The van der Waals surface area contributed by atoms with Gasteiger partial charge in [-0.05, 0) is 48.9 Å². The fraction of sp³-hybridized carbons (Fsp3) is 0.207. The summed E-state index contributed by atoms with van der Waals surface area (Å²) in [5, 5.41) is 3.51. The minimum absolute atomic E-state index is 0.240. The largest absolute Gasteiger partial charge is 0.363 e. The van der Waals surface area contributed by atoms with E-state index in [2.05, 4.69) is 47.0 Å². The lowest BCUT2D eigenvalue weighted by atomic mass is 10.0. The molecule has 0 atom stereocenters. The monoisotopic (exact) mass is 446 g/mol. The molecule has 2 aromatic heterocycles. The summed E-state index contributed by atoms with van der Waals surface area (Å²) in [6.45, 7) is 2.79. The fourth-order valence-electron chi connectivity index (χ4n) is 4.52. The van der Waals surface area contributed by atoms with Crippen LogP contribution in [-0.4, -0.2) is 20.2 Å². The quantitative estimate of drug-likeness (QED) is 0.292. The number of Topliss-reactive ketones (excluding diaryl/α,β-unsaturated/α-hetero) is 1. The van der Waals surface area contributed by atoms with Crippen molar-refractivity contribution >= 4 is 28.3 Å². The number of hydrogen-bond donors (Lipinski definition) is 1. The predicted molar refractivity (Wildman–Crippen MR) is 136 cm³/mol. The van der Waals surface area contributed by atoms with E-state index in [0.29, 0.717) is 18.9 Å². The van der Waals surface area contributed by atoms with Crippen molar-refractivity contribution in [2.75, 3.05) is 5.32 Å². The number of anilines is 1. The molecule has 3 aromatic carbocycles. The second-order valence-corrected chi connectivity index (χ2v) is 9.18. The summed E-state index contributed by atoms with van der Waals surface area (Å²) in [4.78, 5) is 22.1. The number of hydrogen-bond acceptors (Lipinski definition) is 4. The van der Waals surface area contributed by atoms with Gasteiger partial charge in [0, 0.05) is 24.1 Å². The first-order valence-electron chi connectivity index (χ1n) is 11.9. The number of carbonyl (C=O) groups is 1. The molecular weight excluding hydrogens is 420 g/mol. The van der Waals surface area contributed by atoms with Crippen LogP contribution in [0.25, 0.3) is 27.9 Å². The Morgan fingerprint density at radius 1 is 1.00 bits per heavy atom. The molecule has 1 saturated carbocycles. The number of aryl methyl sites for hydroxylation is 1. The van der Waals surface area contributed by atoms with Crippen molar-refractivity contribution in [1.29, 1.82) is 0 Å². The second kappa shape index (κ2) is 8.41. The Labute approximate surface area is 198 Å². The van der Waals surface area contributed by atoms with Crippen LogP contribution in [0.1, 0.15) is 40.7 Å². The molecule has 6 rings (SSSR count). The molecule has 34 heavy (non-hydrogen) atoms. The molecule has 1 aliphatic carbocycles. The van der Waals surface area contributed by atoms with Crippen molar-refractivity contribution in [3.63, 3.8) is 0 Å². The molecule has 0 aliphatic heterocycles. The Hall–Kier alpha value is -3.99. The molecule has 168 valence electrons. The van der Waals surface area contributed by atoms with Crippen molar-refractivity contribution in [3.05, 3.63) is 95.7 Å². The molecule has 0 saturated heterocycles. The number of carbonyl (C=O) groups excluding carboxylic acids is 1. The van der Waals surface area contributed by atoms with Crippen LogP contribution < -0.4 is 5.32 Å². The zero-order valence-electron chi connectivity index (χ0n) is 19.2. The highest BCUT2D eigenvalue weighted by Gasteiger charge is 2.25. The summed E-state index contributed by atoms with van der Waals surface area (Å²) in [5.41, 5.74) is 7.96. The Morgan fingerprint density at radius 2 is 1.76 bits per heavy atom. The number of imidazole rings is 1. The van der Waals surface area contributed by atoms with Gasteiger partial charge in [-0.15, -0.1) is 0 Å². The van der Waals surface area contributed by atoms with E-state index in [0.717, 1.165) is 39.3 Å². The van der Waals surface area contributed by atoms with Gasteiger partial charge in [-0.3, -0.25) is 9.20 Å². The number of para-hydroxylation sites is 2. The van der Waals surface area contributed by atoms with Gasteiger partial charge in [0.05, 0.1) is 22.9 Å². The Kier molecular flexibility index (Phi) is 5.10. The van der Waals surface area contributed by atoms with Crippen LogP contribution in [0, 0.1) is 12.8 Å². The number of ketones is 1. The standard InChI is InChI=1S/C29H26N4O/c1-19-6-2-3-7-23(19)17-30-28-29-31-18-26(33(29)25-9-5-4-8-24(25)32-28)21-12-14-22(15-13-21)27(34)16-20-10-11-20/h2-9,12-15,18,20H,10-11,16-17H2,1H3,(H,30,32). The summed E-state index contributed by atoms with van der Waals surface area (Å²) >= 11 is 0. The number of benzene rings is 3. The van der Waals surface area contributed by atoms with E-state index in [4.69, 9.17) is 9.97 Å². The summed E-state index contributed by atoms with van der Waals surface area (Å²) in [6, 6.07) is 24.4. The van der Waals surface area contributed by atoms with E-state index in [1.54, 1.807) is 0 Å². The van der Waals surface area contributed by atoms with E-state index in [1.165, 1.54) is 24.0 Å². The number of aromatic nitrogens is 3. The molecule has 2 heterocycles. The third-order valence-electron chi connectivity index (χ3n) is 6.71. The van der Waals surface area contributed by atoms with Crippen LogP contribution in [0.15, 0.2) is 79.0 Å². The van der Waals surface area contributed by atoms with Gasteiger partial charge in [0.15, 0.2) is 17.2 Å². The molecule has 1 fully saturated rings. The van der Waals surface area contributed by atoms with Gasteiger partial charge >= 0.3 is 0 Å². The third kappa shape index (κ3) is 3.83. The molecule has 1 aliphatic rings. The van der Waals surface area contributed by atoms with Gasteiger partial charge in [-0.1, -0.05) is 60.7 Å². The number of rotatable bonds is 7. The van der Waals surface area contributed by atoms with E-state index in [1.807, 2.05) is 48.7 Å². The Morgan fingerprint density at radius 3 is 2.56 bits per heavy atom. The van der Waals surface area contributed by atoms with Gasteiger partial charge in [-0.2, -0.15) is 0 Å². The van der Waals surface area contributed by atoms with Gasteiger partial charge in [0.2, 0.25) is 0 Å². The lowest BCUT2D eigenvalue weighted by molar-refractivity contribution is 0.0976. The highest BCUT2D eigenvalue weighted by atomic mass is 16.1. The number of nitrogens with one attached hydrogen (secondary N) is 1. The minimum atomic E-state index is 0.240. The fourth-order valence-corrected chi connectivity index (χ4v) is 4.52. The molecule has 5 aromatic rings. The van der Waals surface area contributed by atoms with Crippen molar-refractivity contribution < 1.29 is 4.79 Å². The zero-order chi connectivity index (χ0) is 23.1. The van der Waals surface area contributed by atoms with Crippen LogP contribution in [-0.2, 0) is 6.54 Å². The molecule has 5 nitrogen and oxygen atoms in total. The maximum Gasteiger partial charge on any atom is 0.181 e. The number of nitrogens with zero attached hydrogens (tertiary/aromatic N) is 3. The summed E-state index contributed by atoms with van der Waals surface area (Å²) in [5.74, 6) is 1.59. The minimum Gasteiger partial charge on any atom is -0.363 e. The van der Waals surface area contributed by atoms with Crippen LogP contribution >= 0.6 is 0 Å². The average molecular weight is 447 g/mol. The Balaban J connectivity index is 1.40. The van der Waals surface area contributed by atoms with E-state index in [-0.39, 0.29) is 5.78 Å². The molecule has 0 unspecified atom stereocenters. The highest BCUT2D eigenvalue weighted by Crippen LogP contribution is 2.34. The molecule has 0 spiro atoms. The predicted octanol–water partition coefficient (Wildman–Crippen LogP) is 6.45. The topological polar surface area (TPSA) is 59.3 Å². The van der Waals surface area contributed by atoms with Gasteiger partial charge < -0.3 is 5.32 Å². The SMILES string of the molecule is Cc1ccccc1CNc1nc2ccccc2n2c(-c3ccc(C(=O)CC4CC4)cc3)cnc12. The first-order valence-corrected chi connectivity index (χ1v) is 11.9. The van der Waals surface area contributed by atoms with Gasteiger partial charge in [-0.25, -0.2) is 9.97 Å². The average Bonchev–Trinajstić information content (AvgIpc) is 3.57. The maximum absolute atomic E-state index is 12.5. The lowest BCUT2D eigenvalue weighted by Crippen LogP contribution is -2.06. The molecular formula is C29H26N4O. The third-order valence-corrected chi connectivity index (χ3v) is 6.71. The first-order chi connectivity index (χ1) is 16.7. The first kappa shape index (κ1) is 20.6. The smallest absolute Gasteiger partial charge is 0.181 e. The molecule has 0 radical (unpaired) electrons. The van der Waals surface area contributed by atoms with Gasteiger partial charge in [0.1, 0.15) is 0 Å². The molecule has 0 bridgehead atoms. The van der Waals surface area contributed by atoms with Crippen LogP contribution in [0.3, 0.4) is 0 Å². The van der Waals surface area contributed by atoms with Crippen molar-refractivity contribution in [1.82, 2.24) is 14.4 Å². The van der Waals surface area contributed by atoms with Gasteiger partial charge in [0.25, 0.3) is 0 Å². The molecule has 1 N–H and O–H groups in total. The van der Waals surface area contributed by atoms with Crippen LogP contribution in [0.5, 0.6) is 0 Å². The molecule has 0 amide bonds. The van der Waals surface area contributed by atoms with Crippen molar-refractivity contribution in [2.45, 2.75) is 32.7 Å².